The van der Waals surface area contributed by atoms with Gasteiger partial charge in [0.1, 0.15) is 0 Å². The second-order valence-electron chi connectivity index (χ2n) is 7.13. The number of carbonyl (C=O) groups is 1. The number of hydrogen-bond acceptors (Lipinski definition) is 2. The van der Waals surface area contributed by atoms with Crippen molar-refractivity contribution >= 4 is 22.6 Å². The number of fused-ring (bicyclic) bond motifs is 1. The van der Waals surface area contributed by atoms with Gasteiger partial charge in [0.15, 0.2) is 0 Å². The third-order valence-electron chi connectivity index (χ3n) is 4.16. The molecule has 4 nitrogen and oxygen atoms in total. The number of amides is 1. The number of benzene rings is 2. The van der Waals surface area contributed by atoms with E-state index in [1.807, 2.05) is 18.2 Å². The number of H-pyrrole nitrogens is 1. The number of carbonyl (C=O) groups excluding carboxylic acids is 1. The largest absolute Gasteiger partial charge is 0.345 e. The van der Waals surface area contributed by atoms with Crippen molar-refractivity contribution < 1.29 is 4.79 Å². The molecule has 4 heteroatoms. The molecular weight excluding hydrogens is 298 g/mol. The third kappa shape index (κ3) is 3.82. The maximum absolute atomic E-state index is 12.1. The molecule has 0 bridgehead atoms. The van der Waals surface area contributed by atoms with Crippen LogP contribution in [0.5, 0.6) is 0 Å². The molecule has 3 rings (SSSR count). The second-order valence-corrected chi connectivity index (χ2v) is 7.13. The van der Waals surface area contributed by atoms with Crippen molar-refractivity contribution in [1.82, 2.24) is 9.97 Å². The molecule has 1 heterocycles. The Balaban J connectivity index is 1.57. The molecule has 0 aliphatic heterocycles. The topological polar surface area (TPSA) is 57.8 Å². The van der Waals surface area contributed by atoms with Crippen molar-refractivity contribution in [2.24, 2.45) is 0 Å². The first-order chi connectivity index (χ1) is 11.4. The van der Waals surface area contributed by atoms with E-state index in [1.165, 1.54) is 11.1 Å². The van der Waals surface area contributed by atoms with Crippen molar-refractivity contribution in [3.8, 4) is 0 Å². The summed E-state index contributed by atoms with van der Waals surface area (Å²) in [6, 6.07) is 14.2. The minimum Gasteiger partial charge on any atom is -0.345 e. The summed E-state index contributed by atoms with van der Waals surface area (Å²) in [4.78, 5) is 19.4. The molecule has 124 valence electrons. The van der Waals surface area contributed by atoms with Crippen molar-refractivity contribution in [2.75, 3.05) is 5.32 Å². The molecule has 2 aromatic carbocycles. The van der Waals surface area contributed by atoms with Crippen LogP contribution in [0, 0.1) is 0 Å². The zero-order valence-electron chi connectivity index (χ0n) is 14.4. The van der Waals surface area contributed by atoms with Gasteiger partial charge in [0.25, 0.3) is 0 Å². The van der Waals surface area contributed by atoms with Gasteiger partial charge in [-0.1, -0.05) is 45.0 Å². The summed E-state index contributed by atoms with van der Waals surface area (Å²) in [5.41, 5.74) is 5.25. The van der Waals surface area contributed by atoms with Gasteiger partial charge in [0.05, 0.1) is 17.4 Å². The van der Waals surface area contributed by atoms with E-state index in [4.69, 9.17) is 0 Å². The van der Waals surface area contributed by atoms with Gasteiger partial charge in [-0.15, -0.1) is 0 Å². The van der Waals surface area contributed by atoms with Crippen LogP contribution < -0.4 is 5.32 Å². The highest BCUT2D eigenvalue weighted by molar-refractivity contribution is 5.93. The van der Waals surface area contributed by atoms with E-state index in [1.54, 1.807) is 6.33 Å². The molecule has 2 N–H and O–H groups in total. The zero-order chi connectivity index (χ0) is 17.2. The van der Waals surface area contributed by atoms with Gasteiger partial charge in [0.2, 0.25) is 5.91 Å². The van der Waals surface area contributed by atoms with Gasteiger partial charge >= 0.3 is 0 Å². The first-order valence-corrected chi connectivity index (χ1v) is 8.24. The van der Waals surface area contributed by atoms with E-state index in [0.717, 1.165) is 23.1 Å². The van der Waals surface area contributed by atoms with Crippen molar-refractivity contribution in [2.45, 2.75) is 39.0 Å². The Hall–Kier alpha value is -2.62. The van der Waals surface area contributed by atoms with Gasteiger partial charge in [-0.2, -0.15) is 0 Å². The normalized spacial score (nSPS) is 11.6. The number of nitrogens with zero attached hydrogens (tertiary/aromatic N) is 1. The minimum atomic E-state index is 0.0220. The number of rotatable bonds is 4. The summed E-state index contributed by atoms with van der Waals surface area (Å²) in [6.07, 6.45) is 2.86. The third-order valence-corrected chi connectivity index (χ3v) is 4.16. The fraction of sp³-hybridized carbons (Fsp3) is 0.300. The first-order valence-electron chi connectivity index (χ1n) is 8.24. The molecule has 0 radical (unpaired) electrons. The highest BCUT2D eigenvalue weighted by Gasteiger charge is 2.13. The van der Waals surface area contributed by atoms with Crippen LogP contribution in [0.15, 0.2) is 48.8 Å². The van der Waals surface area contributed by atoms with Gasteiger partial charge in [-0.3, -0.25) is 4.79 Å². The standard InChI is InChI=1S/C20H23N3O/c1-20(2,3)15-7-4-14(5-8-15)6-11-19(24)23-16-9-10-17-18(12-16)22-13-21-17/h4-5,7-10,12-13H,6,11H2,1-3H3,(H,21,22)(H,23,24). The van der Waals surface area contributed by atoms with Crippen LogP contribution in [0.4, 0.5) is 5.69 Å². The van der Waals surface area contributed by atoms with Crippen LogP contribution in [0.1, 0.15) is 38.3 Å². The SMILES string of the molecule is CC(C)(C)c1ccc(CCC(=O)Nc2ccc3nc[nH]c3c2)cc1. The van der Waals surface area contributed by atoms with Crippen LogP contribution in [0.3, 0.4) is 0 Å². The van der Waals surface area contributed by atoms with E-state index < -0.39 is 0 Å². The maximum atomic E-state index is 12.1. The molecule has 0 spiro atoms. The number of aromatic nitrogens is 2. The number of aromatic amines is 1. The van der Waals surface area contributed by atoms with Crippen LogP contribution in [0.2, 0.25) is 0 Å². The van der Waals surface area contributed by atoms with Gasteiger partial charge in [-0.25, -0.2) is 4.98 Å². The maximum Gasteiger partial charge on any atom is 0.224 e. The number of aryl methyl sites for hydroxylation is 1. The summed E-state index contributed by atoms with van der Waals surface area (Å²) in [5, 5.41) is 2.94. The van der Waals surface area contributed by atoms with Crippen LogP contribution in [-0.2, 0) is 16.6 Å². The lowest BCUT2D eigenvalue weighted by atomic mass is 9.86. The molecule has 0 atom stereocenters. The Labute approximate surface area is 142 Å². The summed E-state index contributed by atoms with van der Waals surface area (Å²) in [7, 11) is 0. The molecule has 24 heavy (non-hydrogen) atoms. The fourth-order valence-corrected chi connectivity index (χ4v) is 2.67. The fourth-order valence-electron chi connectivity index (χ4n) is 2.67. The minimum absolute atomic E-state index is 0.0220. The van der Waals surface area contributed by atoms with Crippen LogP contribution >= 0.6 is 0 Å². The first kappa shape index (κ1) is 16.2. The lowest BCUT2D eigenvalue weighted by Gasteiger charge is -2.19. The molecule has 1 amide bonds. The summed E-state index contributed by atoms with van der Waals surface area (Å²) < 4.78 is 0. The van der Waals surface area contributed by atoms with E-state index in [2.05, 4.69) is 60.3 Å². The smallest absolute Gasteiger partial charge is 0.224 e. The van der Waals surface area contributed by atoms with E-state index in [9.17, 15) is 4.79 Å². The molecule has 1 aromatic heterocycles. The van der Waals surface area contributed by atoms with Crippen molar-refractivity contribution in [3.63, 3.8) is 0 Å². The van der Waals surface area contributed by atoms with Gasteiger partial charge < -0.3 is 10.3 Å². The Bertz CT molecular complexity index is 841. The van der Waals surface area contributed by atoms with E-state index >= 15 is 0 Å². The van der Waals surface area contributed by atoms with E-state index in [0.29, 0.717) is 6.42 Å². The molecule has 3 aromatic rings. The Morgan fingerprint density at radius 1 is 1.12 bits per heavy atom. The molecule has 0 unspecified atom stereocenters. The zero-order valence-corrected chi connectivity index (χ0v) is 14.4. The van der Waals surface area contributed by atoms with Gasteiger partial charge in [0, 0.05) is 12.1 Å². The molecule has 0 saturated heterocycles. The van der Waals surface area contributed by atoms with Crippen molar-refractivity contribution in [1.29, 1.82) is 0 Å². The number of nitrogens with one attached hydrogen (secondary N) is 2. The van der Waals surface area contributed by atoms with E-state index in [-0.39, 0.29) is 11.3 Å². The van der Waals surface area contributed by atoms with Crippen molar-refractivity contribution in [3.05, 3.63) is 59.9 Å². The Morgan fingerprint density at radius 2 is 1.88 bits per heavy atom. The van der Waals surface area contributed by atoms with Gasteiger partial charge in [-0.05, 0) is 41.2 Å². The Kier molecular flexibility index (Phi) is 4.38. The number of anilines is 1. The molecular formula is C20H23N3O. The molecule has 0 aliphatic carbocycles. The average Bonchev–Trinajstić information content (AvgIpc) is 3.00. The Morgan fingerprint density at radius 3 is 2.58 bits per heavy atom. The average molecular weight is 321 g/mol. The quantitative estimate of drug-likeness (QED) is 0.747. The predicted molar refractivity (Wildman–Crippen MR) is 98.2 cm³/mol. The predicted octanol–water partition coefficient (Wildman–Crippen LogP) is 4.43. The molecule has 0 saturated carbocycles. The highest BCUT2D eigenvalue weighted by Crippen LogP contribution is 2.22. The summed E-state index contributed by atoms with van der Waals surface area (Å²) in [5.74, 6) is 0.0220. The summed E-state index contributed by atoms with van der Waals surface area (Å²) in [6.45, 7) is 6.60. The monoisotopic (exact) mass is 321 g/mol. The molecule has 0 aliphatic rings. The van der Waals surface area contributed by atoms with Crippen LogP contribution in [-0.4, -0.2) is 15.9 Å². The highest BCUT2D eigenvalue weighted by atomic mass is 16.1. The summed E-state index contributed by atoms with van der Waals surface area (Å²) >= 11 is 0. The number of imidazole rings is 1. The second kappa shape index (κ2) is 6.48. The lowest BCUT2D eigenvalue weighted by Crippen LogP contribution is -2.13. The van der Waals surface area contributed by atoms with Crippen LogP contribution in [0.25, 0.3) is 11.0 Å². The number of hydrogen-bond donors (Lipinski definition) is 2. The molecule has 0 fully saturated rings. The lowest BCUT2D eigenvalue weighted by molar-refractivity contribution is -0.116.